The number of carbonyl (C=O) groups excluding carboxylic acids is 1. The summed E-state index contributed by atoms with van der Waals surface area (Å²) in [5.74, 6) is 2.53. The standard InChI is InChI=1S/C27H32N4O4/c1-30-25(15-24(29-30)22-6-4-5-7-26(22)34-3)23-16-31-13-12-18(23)14-20(31)17-35-27(32)28-19-8-10-21(33-2)11-9-19/h4-11,15,18,20,23H,12-14,16-17H2,1-3H3,(H,28,32). The van der Waals surface area contributed by atoms with Gasteiger partial charge in [0.25, 0.3) is 0 Å². The van der Waals surface area contributed by atoms with Gasteiger partial charge in [-0.25, -0.2) is 4.79 Å². The molecule has 4 atom stereocenters. The molecule has 3 saturated heterocycles. The normalized spacial score (nSPS) is 23.1. The highest BCUT2D eigenvalue weighted by Gasteiger charge is 2.42. The van der Waals surface area contributed by atoms with Crippen molar-refractivity contribution in [1.82, 2.24) is 14.7 Å². The molecule has 4 unspecified atom stereocenters. The Bertz CT molecular complexity index is 1180. The van der Waals surface area contributed by atoms with Crippen LogP contribution in [0, 0.1) is 5.92 Å². The second kappa shape index (κ2) is 10.00. The van der Waals surface area contributed by atoms with Crippen LogP contribution in [0.25, 0.3) is 11.3 Å². The molecular formula is C27H32N4O4. The van der Waals surface area contributed by atoms with Gasteiger partial charge in [0, 0.05) is 42.5 Å². The van der Waals surface area contributed by atoms with E-state index in [4.69, 9.17) is 19.3 Å². The van der Waals surface area contributed by atoms with Crippen molar-refractivity contribution >= 4 is 11.8 Å². The zero-order chi connectivity index (χ0) is 24.4. The number of aromatic nitrogens is 2. The van der Waals surface area contributed by atoms with E-state index in [-0.39, 0.29) is 6.04 Å². The summed E-state index contributed by atoms with van der Waals surface area (Å²) in [4.78, 5) is 14.8. The van der Waals surface area contributed by atoms with Gasteiger partial charge in [-0.1, -0.05) is 12.1 Å². The first kappa shape index (κ1) is 23.2. The number of hydrogen-bond acceptors (Lipinski definition) is 6. The molecule has 2 aromatic carbocycles. The molecule has 2 bridgehead atoms. The highest BCUT2D eigenvalue weighted by atomic mass is 16.5. The molecule has 0 spiro atoms. The van der Waals surface area contributed by atoms with Crippen molar-refractivity contribution in [3.8, 4) is 22.8 Å². The van der Waals surface area contributed by atoms with Gasteiger partial charge in [-0.2, -0.15) is 5.10 Å². The highest BCUT2D eigenvalue weighted by molar-refractivity contribution is 5.84. The predicted molar refractivity (Wildman–Crippen MR) is 134 cm³/mol. The number of amides is 1. The summed E-state index contributed by atoms with van der Waals surface area (Å²) in [6, 6.07) is 17.6. The minimum atomic E-state index is -0.428. The fraction of sp³-hybridized carbons (Fsp3) is 0.407. The Morgan fingerprint density at radius 3 is 2.63 bits per heavy atom. The molecule has 3 fully saturated rings. The number of fused-ring (bicyclic) bond motifs is 3. The average Bonchev–Trinajstić information content (AvgIpc) is 3.29. The third-order valence-electron chi connectivity index (χ3n) is 7.30. The van der Waals surface area contributed by atoms with Crippen LogP contribution in [0.1, 0.15) is 24.5 Å². The maximum absolute atomic E-state index is 12.3. The molecule has 8 nitrogen and oxygen atoms in total. The van der Waals surface area contributed by atoms with Gasteiger partial charge in [0.1, 0.15) is 18.1 Å². The maximum atomic E-state index is 12.3. The Balaban J connectivity index is 1.21. The van der Waals surface area contributed by atoms with Crippen molar-refractivity contribution in [1.29, 1.82) is 0 Å². The number of methoxy groups -OCH3 is 2. The fourth-order valence-electron chi connectivity index (χ4n) is 5.46. The summed E-state index contributed by atoms with van der Waals surface area (Å²) in [5, 5.41) is 7.60. The molecule has 184 valence electrons. The first-order chi connectivity index (χ1) is 17.1. The number of anilines is 1. The Morgan fingerprint density at radius 1 is 1.11 bits per heavy atom. The monoisotopic (exact) mass is 476 g/mol. The number of aryl methyl sites for hydroxylation is 1. The van der Waals surface area contributed by atoms with Gasteiger partial charge in [0.2, 0.25) is 0 Å². The molecule has 0 saturated carbocycles. The van der Waals surface area contributed by atoms with E-state index in [1.807, 2.05) is 36.0 Å². The van der Waals surface area contributed by atoms with Gasteiger partial charge in [-0.3, -0.25) is 14.9 Å². The van der Waals surface area contributed by atoms with Crippen molar-refractivity contribution in [2.24, 2.45) is 13.0 Å². The minimum absolute atomic E-state index is 0.244. The zero-order valence-corrected chi connectivity index (χ0v) is 20.4. The summed E-state index contributed by atoms with van der Waals surface area (Å²) >= 11 is 0. The number of piperidine rings is 3. The van der Waals surface area contributed by atoms with Crippen molar-refractivity contribution in [3.05, 3.63) is 60.3 Å². The highest BCUT2D eigenvalue weighted by Crippen LogP contribution is 2.43. The van der Waals surface area contributed by atoms with E-state index in [2.05, 4.69) is 16.3 Å². The van der Waals surface area contributed by atoms with E-state index >= 15 is 0 Å². The number of ether oxygens (including phenoxy) is 3. The average molecular weight is 477 g/mol. The van der Waals surface area contributed by atoms with Gasteiger partial charge in [0.05, 0.1) is 19.9 Å². The SMILES string of the molecule is COc1ccc(NC(=O)OCC2CC3CCN2CC3c2cc(-c3ccccc3OC)nn2C)cc1. The lowest BCUT2D eigenvalue weighted by Gasteiger charge is -2.49. The quantitative estimate of drug-likeness (QED) is 0.540. The third kappa shape index (κ3) is 4.84. The number of benzene rings is 2. The van der Waals surface area contributed by atoms with Crippen molar-refractivity contribution in [3.63, 3.8) is 0 Å². The molecule has 4 heterocycles. The molecule has 6 rings (SSSR count). The molecule has 3 aromatic rings. The molecule has 1 aromatic heterocycles. The lowest BCUT2D eigenvalue weighted by atomic mass is 9.74. The van der Waals surface area contributed by atoms with E-state index in [0.29, 0.717) is 24.1 Å². The number of nitrogens with zero attached hydrogens (tertiary/aromatic N) is 3. The lowest BCUT2D eigenvalue weighted by molar-refractivity contribution is -0.00222. The maximum Gasteiger partial charge on any atom is 0.411 e. The van der Waals surface area contributed by atoms with E-state index < -0.39 is 6.09 Å². The molecule has 3 aliphatic heterocycles. The minimum Gasteiger partial charge on any atom is -0.497 e. The number of hydrogen-bond donors (Lipinski definition) is 1. The van der Waals surface area contributed by atoms with Crippen LogP contribution < -0.4 is 14.8 Å². The van der Waals surface area contributed by atoms with Gasteiger partial charge in [-0.05, 0) is 67.8 Å². The molecular weight excluding hydrogens is 444 g/mol. The second-order valence-corrected chi connectivity index (χ2v) is 9.27. The molecule has 1 amide bonds. The zero-order valence-electron chi connectivity index (χ0n) is 20.4. The van der Waals surface area contributed by atoms with Crippen LogP contribution in [0.2, 0.25) is 0 Å². The summed E-state index contributed by atoms with van der Waals surface area (Å²) in [5.41, 5.74) is 3.87. The largest absolute Gasteiger partial charge is 0.497 e. The van der Waals surface area contributed by atoms with Crippen LogP contribution in [0.15, 0.2) is 54.6 Å². The summed E-state index contributed by atoms with van der Waals surface area (Å²) < 4.78 is 18.3. The third-order valence-corrected chi connectivity index (χ3v) is 7.30. The Hall–Kier alpha value is -3.52. The van der Waals surface area contributed by atoms with Crippen molar-refractivity contribution in [2.45, 2.75) is 24.8 Å². The number of para-hydroxylation sites is 1. The number of rotatable bonds is 7. The number of nitrogens with one attached hydrogen (secondary N) is 1. The summed E-state index contributed by atoms with van der Waals surface area (Å²) in [6.45, 7) is 2.37. The van der Waals surface area contributed by atoms with Crippen molar-refractivity contribution in [2.75, 3.05) is 39.2 Å². The number of carbonyl (C=O) groups is 1. The van der Waals surface area contributed by atoms with E-state index in [0.717, 1.165) is 48.7 Å². The Kier molecular flexibility index (Phi) is 6.63. The Morgan fingerprint density at radius 2 is 1.91 bits per heavy atom. The van der Waals surface area contributed by atoms with Crippen LogP contribution in [0.3, 0.4) is 0 Å². The second-order valence-electron chi connectivity index (χ2n) is 9.27. The van der Waals surface area contributed by atoms with Gasteiger partial charge in [-0.15, -0.1) is 0 Å². The van der Waals surface area contributed by atoms with Crippen molar-refractivity contribution < 1.29 is 19.0 Å². The van der Waals surface area contributed by atoms with Crippen LogP contribution >= 0.6 is 0 Å². The molecule has 35 heavy (non-hydrogen) atoms. The van der Waals surface area contributed by atoms with Crippen LogP contribution in [-0.4, -0.2) is 60.7 Å². The van der Waals surface area contributed by atoms with Gasteiger partial charge >= 0.3 is 6.09 Å². The fourth-order valence-corrected chi connectivity index (χ4v) is 5.46. The summed E-state index contributed by atoms with van der Waals surface area (Å²) in [6.07, 6.45) is 1.73. The van der Waals surface area contributed by atoms with E-state index in [9.17, 15) is 4.79 Å². The molecule has 8 heteroatoms. The van der Waals surface area contributed by atoms with Crippen LogP contribution in [0.4, 0.5) is 10.5 Å². The molecule has 1 N–H and O–H groups in total. The topological polar surface area (TPSA) is 77.8 Å². The first-order valence-corrected chi connectivity index (χ1v) is 12.0. The summed E-state index contributed by atoms with van der Waals surface area (Å²) in [7, 11) is 5.33. The lowest BCUT2D eigenvalue weighted by Crippen LogP contribution is -2.54. The van der Waals surface area contributed by atoms with Crippen LogP contribution in [0.5, 0.6) is 11.5 Å². The predicted octanol–water partition coefficient (Wildman–Crippen LogP) is 4.53. The first-order valence-electron chi connectivity index (χ1n) is 12.0. The smallest absolute Gasteiger partial charge is 0.411 e. The van der Waals surface area contributed by atoms with Gasteiger partial charge in [0.15, 0.2) is 0 Å². The molecule has 3 aliphatic rings. The van der Waals surface area contributed by atoms with E-state index in [1.54, 1.807) is 38.5 Å². The van der Waals surface area contributed by atoms with Crippen LogP contribution in [-0.2, 0) is 11.8 Å². The molecule has 0 radical (unpaired) electrons. The molecule has 0 aliphatic carbocycles. The van der Waals surface area contributed by atoms with E-state index in [1.165, 1.54) is 5.69 Å². The van der Waals surface area contributed by atoms with Gasteiger partial charge < -0.3 is 14.2 Å². The Labute approximate surface area is 205 Å².